The van der Waals surface area contributed by atoms with Crippen LogP contribution in [-0.4, -0.2) is 4.98 Å². The molecule has 1 aromatic carbocycles. The number of benzene rings is 1. The highest BCUT2D eigenvalue weighted by atomic mass is 79.9. The molecule has 0 amide bonds. The van der Waals surface area contributed by atoms with Crippen LogP contribution in [0.3, 0.4) is 0 Å². The van der Waals surface area contributed by atoms with Crippen LogP contribution in [0.25, 0.3) is 10.8 Å². The maximum atomic E-state index is 5.95. The lowest BCUT2D eigenvalue weighted by molar-refractivity contribution is 1.35. The van der Waals surface area contributed by atoms with Gasteiger partial charge < -0.3 is 0 Å². The van der Waals surface area contributed by atoms with Crippen molar-refractivity contribution in [2.24, 2.45) is 0 Å². The molecule has 1 aromatic heterocycles. The Morgan fingerprint density at radius 3 is 2.77 bits per heavy atom. The number of hydrogen-bond donors (Lipinski definition) is 0. The molecule has 0 aliphatic carbocycles. The van der Waals surface area contributed by atoms with Crippen molar-refractivity contribution in [3.8, 4) is 0 Å². The van der Waals surface area contributed by atoms with Gasteiger partial charge in [0.05, 0.1) is 0 Å². The van der Waals surface area contributed by atoms with Gasteiger partial charge in [0.2, 0.25) is 0 Å². The van der Waals surface area contributed by atoms with E-state index in [1.54, 1.807) is 6.20 Å². The number of hydrogen-bond acceptors (Lipinski definition) is 1. The quantitative estimate of drug-likeness (QED) is 0.650. The van der Waals surface area contributed by atoms with Crippen molar-refractivity contribution in [2.75, 3.05) is 0 Å². The Morgan fingerprint density at radius 1 is 1.23 bits per heavy atom. The van der Waals surface area contributed by atoms with Gasteiger partial charge in [0.1, 0.15) is 5.15 Å². The zero-order valence-electron chi connectivity index (χ0n) is 7.01. The van der Waals surface area contributed by atoms with Gasteiger partial charge in [-0.25, -0.2) is 4.98 Å². The number of fused-ring (bicyclic) bond motifs is 1. The van der Waals surface area contributed by atoms with Gasteiger partial charge in [0.15, 0.2) is 0 Å². The van der Waals surface area contributed by atoms with Crippen molar-refractivity contribution in [2.45, 2.75) is 6.92 Å². The van der Waals surface area contributed by atoms with Gasteiger partial charge in [-0.15, -0.1) is 0 Å². The molecule has 0 radical (unpaired) electrons. The van der Waals surface area contributed by atoms with Crippen LogP contribution in [0, 0.1) is 6.92 Å². The number of aryl methyl sites for hydroxylation is 1. The SMILES string of the molecule is Cc1c(Br)ccc2c(Cl)nccc12. The molecule has 0 saturated heterocycles. The molecule has 0 spiro atoms. The normalized spacial score (nSPS) is 10.7. The van der Waals surface area contributed by atoms with E-state index in [1.807, 2.05) is 18.2 Å². The Morgan fingerprint density at radius 2 is 2.00 bits per heavy atom. The second-order valence-electron chi connectivity index (χ2n) is 2.87. The zero-order chi connectivity index (χ0) is 9.42. The van der Waals surface area contributed by atoms with Crippen LogP contribution in [0.4, 0.5) is 0 Å². The first-order valence-electron chi connectivity index (χ1n) is 3.89. The van der Waals surface area contributed by atoms with Gasteiger partial charge in [-0.2, -0.15) is 0 Å². The standard InChI is InChI=1S/C10H7BrClN/c1-6-7-4-5-13-10(12)8(7)2-3-9(6)11/h2-5H,1H3. The monoisotopic (exact) mass is 255 g/mol. The molecule has 66 valence electrons. The molecule has 13 heavy (non-hydrogen) atoms. The highest BCUT2D eigenvalue weighted by Crippen LogP contribution is 2.28. The minimum Gasteiger partial charge on any atom is -0.244 e. The summed E-state index contributed by atoms with van der Waals surface area (Å²) in [5.41, 5.74) is 1.20. The smallest absolute Gasteiger partial charge is 0.136 e. The van der Waals surface area contributed by atoms with Gasteiger partial charge in [-0.3, -0.25) is 0 Å². The second-order valence-corrected chi connectivity index (χ2v) is 4.08. The summed E-state index contributed by atoms with van der Waals surface area (Å²) < 4.78 is 1.10. The van der Waals surface area contributed by atoms with Crippen molar-refractivity contribution in [3.05, 3.63) is 39.6 Å². The first-order valence-corrected chi connectivity index (χ1v) is 5.06. The molecule has 0 N–H and O–H groups in total. The van der Waals surface area contributed by atoms with E-state index in [1.165, 1.54) is 5.56 Å². The molecule has 1 nitrogen and oxygen atoms in total. The maximum absolute atomic E-state index is 5.95. The van der Waals surface area contributed by atoms with E-state index < -0.39 is 0 Å². The number of rotatable bonds is 0. The Balaban J connectivity index is 2.94. The van der Waals surface area contributed by atoms with Crippen LogP contribution < -0.4 is 0 Å². The van der Waals surface area contributed by atoms with Crippen molar-refractivity contribution in [3.63, 3.8) is 0 Å². The summed E-state index contributed by atoms with van der Waals surface area (Å²) >= 11 is 9.43. The molecular formula is C10H7BrClN. The Bertz CT molecular complexity index is 468. The van der Waals surface area contributed by atoms with Crippen LogP contribution in [0.15, 0.2) is 28.9 Å². The molecule has 1 heterocycles. The van der Waals surface area contributed by atoms with E-state index in [2.05, 4.69) is 27.8 Å². The van der Waals surface area contributed by atoms with E-state index in [-0.39, 0.29) is 0 Å². The fourth-order valence-electron chi connectivity index (χ4n) is 1.34. The molecule has 0 bridgehead atoms. The summed E-state index contributed by atoms with van der Waals surface area (Å²) in [4.78, 5) is 4.03. The highest BCUT2D eigenvalue weighted by molar-refractivity contribution is 9.10. The molecule has 2 aromatic rings. The van der Waals surface area contributed by atoms with Gasteiger partial charge in [0.25, 0.3) is 0 Å². The van der Waals surface area contributed by atoms with Crippen molar-refractivity contribution >= 4 is 38.3 Å². The first-order chi connectivity index (χ1) is 6.20. The fourth-order valence-corrected chi connectivity index (χ4v) is 1.91. The predicted octanol–water partition coefficient (Wildman–Crippen LogP) is 3.96. The molecule has 0 unspecified atom stereocenters. The van der Waals surface area contributed by atoms with E-state index in [9.17, 15) is 0 Å². The van der Waals surface area contributed by atoms with Gasteiger partial charge in [-0.1, -0.05) is 33.6 Å². The molecule has 0 aliphatic rings. The minimum atomic E-state index is 0.563. The summed E-state index contributed by atoms with van der Waals surface area (Å²) in [7, 11) is 0. The second kappa shape index (κ2) is 3.28. The zero-order valence-corrected chi connectivity index (χ0v) is 9.35. The molecular weight excluding hydrogens is 249 g/mol. The Kier molecular flexibility index (Phi) is 2.26. The average Bonchev–Trinajstić information content (AvgIpc) is 2.12. The highest BCUT2D eigenvalue weighted by Gasteiger charge is 2.03. The van der Waals surface area contributed by atoms with Gasteiger partial charge >= 0.3 is 0 Å². The first kappa shape index (κ1) is 8.97. The number of nitrogens with zero attached hydrogens (tertiary/aromatic N) is 1. The van der Waals surface area contributed by atoms with Gasteiger partial charge in [-0.05, 0) is 30.0 Å². The summed E-state index contributed by atoms with van der Waals surface area (Å²) in [6.45, 7) is 2.06. The third-order valence-corrected chi connectivity index (χ3v) is 3.26. The molecule has 0 saturated carbocycles. The molecule has 2 rings (SSSR count). The lowest BCUT2D eigenvalue weighted by Crippen LogP contribution is -1.83. The van der Waals surface area contributed by atoms with Crippen LogP contribution in [0.2, 0.25) is 5.15 Å². The topological polar surface area (TPSA) is 12.9 Å². The summed E-state index contributed by atoms with van der Waals surface area (Å²) in [6.07, 6.45) is 1.73. The van der Waals surface area contributed by atoms with Crippen LogP contribution in [0.1, 0.15) is 5.56 Å². The lowest BCUT2D eigenvalue weighted by Gasteiger charge is -2.04. The van der Waals surface area contributed by atoms with E-state index in [0.29, 0.717) is 5.15 Å². The maximum Gasteiger partial charge on any atom is 0.136 e. The molecule has 0 fully saturated rings. The van der Waals surface area contributed by atoms with E-state index in [0.717, 1.165) is 15.2 Å². The van der Waals surface area contributed by atoms with Crippen molar-refractivity contribution < 1.29 is 0 Å². The summed E-state index contributed by atoms with van der Waals surface area (Å²) in [5, 5.41) is 2.72. The number of aromatic nitrogens is 1. The molecule has 3 heteroatoms. The summed E-state index contributed by atoms with van der Waals surface area (Å²) in [5.74, 6) is 0. The third kappa shape index (κ3) is 1.45. The number of pyridine rings is 1. The summed E-state index contributed by atoms with van der Waals surface area (Å²) in [6, 6.07) is 5.94. The van der Waals surface area contributed by atoms with Gasteiger partial charge in [0, 0.05) is 16.1 Å². The largest absolute Gasteiger partial charge is 0.244 e. The molecule has 0 aliphatic heterocycles. The van der Waals surface area contributed by atoms with Crippen LogP contribution in [-0.2, 0) is 0 Å². The van der Waals surface area contributed by atoms with E-state index in [4.69, 9.17) is 11.6 Å². The van der Waals surface area contributed by atoms with Crippen molar-refractivity contribution in [1.29, 1.82) is 0 Å². The Labute approximate surface area is 89.9 Å². The number of halogens is 2. The van der Waals surface area contributed by atoms with E-state index >= 15 is 0 Å². The minimum absolute atomic E-state index is 0.563. The third-order valence-electron chi connectivity index (χ3n) is 2.10. The fraction of sp³-hybridized carbons (Fsp3) is 0.100. The van der Waals surface area contributed by atoms with Crippen LogP contribution in [0.5, 0.6) is 0 Å². The average molecular weight is 257 g/mol. The predicted molar refractivity (Wildman–Crippen MR) is 59.2 cm³/mol. The molecule has 0 atom stereocenters. The lowest BCUT2D eigenvalue weighted by atomic mass is 10.1. The Hall–Kier alpha value is -0.600. The van der Waals surface area contributed by atoms with Crippen molar-refractivity contribution in [1.82, 2.24) is 4.98 Å². The van der Waals surface area contributed by atoms with Crippen LogP contribution >= 0.6 is 27.5 Å².